The van der Waals surface area contributed by atoms with Crippen LogP contribution in [-0.2, 0) is 22.6 Å². The van der Waals surface area contributed by atoms with E-state index in [9.17, 15) is 4.79 Å². The Kier molecular flexibility index (Phi) is 11.9. The first kappa shape index (κ1) is 23.9. The molecule has 0 radical (unpaired) electrons. The molecule has 8 nitrogen and oxygen atoms in total. The van der Waals surface area contributed by atoms with Crippen molar-refractivity contribution in [3.63, 3.8) is 0 Å². The predicted octanol–water partition coefficient (Wildman–Crippen LogP) is 2.23. The van der Waals surface area contributed by atoms with E-state index in [-0.39, 0.29) is 36.4 Å². The van der Waals surface area contributed by atoms with Gasteiger partial charge in [-0.05, 0) is 37.6 Å². The van der Waals surface area contributed by atoms with Crippen molar-refractivity contribution in [2.24, 2.45) is 4.99 Å². The van der Waals surface area contributed by atoms with Gasteiger partial charge in [0.05, 0.1) is 13.2 Å². The number of nitrogens with zero attached hydrogens (tertiary/aromatic N) is 3. The van der Waals surface area contributed by atoms with Crippen LogP contribution in [0.2, 0.25) is 0 Å². The molecule has 1 heterocycles. The fraction of sp³-hybridized carbons (Fsp3) is 0.421. The molecule has 0 aliphatic heterocycles. The third-order valence-electron chi connectivity index (χ3n) is 3.58. The number of aromatic nitrogens is 2. The summed E-state index contributed by atoms with van der Waals surface area (Å²) in [5.74, 6) is 0.621. The highest BCUT2D eigenvalue weighted by Crippen LogP contribution is 2.11. The van der Waals surface area contributed by atoms with E-state index in [1.54, 1.807) is 23.1 Å². The number of benzene rings is 1. The van der Waals surface area contributed by atoms with Crippen LogP contribution in [0.5, 0.6) is 0 Å². The number of aliphatic imine (C=N–C) groups is 1. The van der Waals surface area contributed by atoms with Gasteiger partial charge in [0.15, 0.2) is 5.96 Å². The van der Waals surface area contributed by atoms with Gasteiger partial charge in [0, 0.05) is 37.8 Å². The number of guanidine groups is 1. The molecule has 1 amide bonds. The highest BCUT2D eigenvalue weighted by atomic mass is 127. The van der Waals surface area contributed by atoms with Crippen molar-refractivity contribution in [1.82, 2.24) is 20.4 Å². The van der Waals surface area contributed by atoms with Gasteiger partial charge in [0.25, 0.3) is 0 Å². The van der Waals surface area contributed by atoms with Gasteiger partial charge in [-0.1, -0.05) is 12.1 Å². The third kappa shape index (κ3) is 9.18. The molecule has 0 fully saturated rings. The maximum absolute atomic E-state index is 12.1. The number of carbonyl (C=O) groups excluding carboxylic acids is 1. The largest absolute Gasteiger partial charge is 0.380 e. The molecular weight excluding hydrogens is 471 g/mol. The SMILES string of the molecule is CCNC(=NCc1cccc(NC(=O)Cn2cccn2)c1)NCCOCC.I. The second-order valence-electron chi connectivity index (χ2n) is 5.77. The van der Waals surface area contributed by atoms with Gasteiger partial charge < -0.3 is 20.7 Å². The molecule has 0 atom stereocenters. The zero-order chi connectivity index (χ0) is 19.3. The molecule has 0 saturated carbocycles. The van der Waals surface area contributed by atoms with Crippen LogP contribution < -0.4 is 16.0 Å². The number of nitrogens with one attached hydrogen (secondary N) is 3. The van der Waals surface area contributed by atoms with Crippen molar-refractivity contribution >= 4 is 41.5 Å². The third-order valence-corrected chi connectivity index (χ3v) is 3.58. The second kappa shape index (κ2) is 13.9. The minimum atomic E-state index is -0.120. The van der Waals surface area contributed by atoms with E-state index in [1.807, 2.05) is 38.1 Å². The van der Waals surface area contributed by atoms with Crippen LogP contribution in [0.15, 0.2) is 47.7 Å². The highest BCUT2D eigenvalue weighted by Gasteiger charge is 2.04. The lowest BCUT2D eigenvalue weighted by Gasteiger charge is -2.11. The molecule has 9 heteroatoms. The van der Waals surface area contributed by atoms with E-state index in [1.165, 1.54) is 0 Å². The molecule has 0 aliphatic carbocycles. The van der Waals surface area contributed by atoms with Crippen molar-refractivity contribution in [2.45, 2.75) is 26.9 Å². The number of hydrogen-bond donors (Lipinski definition) is 3. The smallest absolute Gasteiger partial charge is 0.246 e. The number of ether oxygens (including phenoxy) is 1. The standard InChI is InChI=1S/C19H28N6O2.HI/c1-3-20-19(21-10-12-27-4-2)22-14-16-7-5-8-17(13-16)24-18(26)15-25-11-6-9-23-25;/h5-9,11,13H,3-4,10,12,14-15H2,1-2H3,(H,24,26)(H2,20,21,22);1H. The van der Waals surface area contributed by atoms with Gasteiger partial charge in [0.2, 0.25) is 5.91 Å². The Labute approximate surface area is 183 Å². The van der Waals surface area contributed by atoms with Crippen molar-refractivity contribution in [1.29, 1.82) is 0 Å². The molecule has 154 valence electrons. The van der Waals surface area contributed by atoms with Crippen LogP contribution >= 0.6 is 24.0 Å². The minimum Gasteiger partial charge on any atom is -0.380 e. The quantitative estimate of drug-likeness (QED) is 0.202. The Morgan fingerprint density at radius 2 is 2.11 bits per heavy atom. The Morgan fingerprint density at radius 1 is 1.25 bits per heavy atom. The zero-order valence-electron chi connectivity index (χ0n) is 16.4. The van der Waals surface area contributed by atoms with Gasteiger partial charge >= 0.3 is 0 Å². The molecule has 2 aromatic rings. The van der Waals surface area contributed by atoms with E-state index in [2.05, 4.69) is 26.0 Å². The Morgan fingerprint density at radius 3 is 2.82 bits per heavy atom. The maximum Gasteiger partial charge on any atom is 0.246 e. The average Bonchev–Trinajstić information content (AvgIpc) is 3.16. The molecule has 1 aromatic carbocycles. The van der Waals surface area contributed by atoms with E-state index in [0.717, 1.165) is 23.8 Å². The molecule has 0 unspecified atom stereocenters. The average molecular weight is 500 g/mol. The molecule has 1 aromatic heterocycles. The normalized spacial score (nSPS) is 10.9. The lowest BCUT2D eigenvalue weighted by Crippen LogP contribution is -2.39. The van der Waals surface area contributed by atoms with Crippen molar-refractivity contribution in [3.8, 4) is 0 Å². The summed E-state index contributed by atoms with van der Waals surface area (Å²) >= 11 is 0. The number of hydrogen-bond acceptors (Lipinski definition) is 4. The number of anilines is 1. The van der Waals surface area contributed by atoms with Crippen LogP contribution in [0.4, 0.5) is 5.69 Å². The number of halogens is 1. The van der Waals surface area contributed by atoms with Crippen LogP contribution in [0.25, 0.3) is 0 Å². The molecular formula is C19H29IN6O2. The van der Waals surface area contributed by atoms with Gasteiger partial charge in [-0.25, -0.2) is 4.99 Å². The molecule has 0 bridgehead atoms. The Bertz CT molecular complexity index is 721. The van der Waals surface area contributed by atoms with Crippen LogP contribution in [0, 0.1) is 0 Å². The van der Waals surface area contributed by atoms with E-state index < -0.39 is 0 Å². The lowest BCUT2D eigenvalue weighted by molar-refractivity contribution is -0.116. The topological polar surface area (TPSA) is 92.6 Å². The van der Waals surface area contributed by atoms with Crippen molar-refractivity contribution < 1.29 is 9.53 Å². The van der Waals surface area contributed by atoms with E-state index >= 15 is 0 Å². The van der Waals surface area contributed by atoms with E-state index in [0.29, 0.717) is 26.3 Å². The first-order chi connectivity index (χ1) is 13.2. The fourth-order valence-electron chi connectivity index (χ4n) is 2.39. The van der Waals surface area contributed by atoms with Crippen molar-refractivity contribution in [3.05, 3.63) is 48.3 Å². The summed E-state index contributed by atoms with van der Waals surface area (Å²) in [5, 5.41) is 13.4. The monoisotopic (exact) mass is 500 g/mol. The Hall–Kier alpha value is -2.14. The van der Waals surface area contributed by atoms with E-state index in [4.69, 9.17) is 4.74 Å². The summed E-state index contributed by atoms with van der Waals surface area (Å²) in [4.78, 5) is 16.7. The molecule has 0 spiro atoms. The summed E-state index contributed by atoms with van der Waals surface area (Å²) in [6.45, 7) is 7.51. The zero-order valence-corrected chi connectivity index (χ0v) is 18.7. The molecule has 0 aliphatic rings. The van der Waals surface area contributed by atoms with Gasteiger partial charge in [-0.3, -0.25) is 9.48 Å². The molecule has 3 N–H and O–H groups in total. The first-order valence-electron chi connectivity index (χ1n) is 9.17. The number of amides is 1. The molecule has 0 saturated heterocycles. The summed E-state index contributed by atoms with van der Waals surface area (Å²) in [6, 6.07) is 9.46. The molecule has 28 heavy (non-hydrogen) atoms. The lowest BCUT2D eigenvalue weighted by atomic mass is 10.2. The van der Waals surface area contributed by atoms with Crippen LogP contribution in [0.3, 0.4) is 0 Å². The summed E-state index contributed by atoms with van der Waals surface area (Å²) in [7, 11) is 0. The summed E-state index contributed by atoms with van der Waals surface area (Å²) in [5.41, 5.74) is 1.75. The van der Waals surface area contributed by atoms with Crippen LogP contribution in [-0.4, -0.2) is 48.0 Å². The number of carbonyl (C=O) groups is 1. The van der Waals surface area contributed by atoms with Crippen LogP contribution in [0.1, 0.15) is 19.4 Å². The van der Waals surface area contributed by atoms with Gasteiger partial charge in [-0.15, -0.1) is 24.0 Å². The number of rotatable bonds is 10. The Balaban J connectivity index is 0.00000392. The van der Waals surface area contributed by atoms with Gasteiger partial charge in [-0.2, -0.15) is 5.10 Å². The summed E-state index contributed by atoms with van der Waals surface area (Å²) in [6.07, 6.45) is 3.40. The first-order valence-corrected chi connectivity index (χ1v) is 9.17. The minimum absolute atomic E-state index is 0. The second-order valence-corrected chi connectivity index (χ2v) is 5.77. The maximum atomic E-state index is 12.1. The van der Waals surface area contributed by atoms with Gasteiger partial charge in [0.1, 0.15) is 6.54 Å². The highest BCUT2D eigenvalue weighted by molar-refractivity contribution is 14.0. The predicted molar refractivity (Wildman–Crippen MR) is 122 cm³/mol. The van der Waals surface area contributed by atoms with Crippen molar-refractivity contribution in [2.75, 3.05) is 31.6 Å². The fourth-order valence-corrected chi connectivity index (χ4v) is 2.39. The summed E-state index contributed by atoms with van der Waals surface area (Å²) < 4.78 is 6.91. The molecule has 2 rings (SSSR count).